The first-order valence-electron chi connectivity index (χ1n) is 4.81. The van der Waals surface area contributed by atoms with Crippen molar-refractivity contribution in [2.45, 2.75) is 40.0 Å². The van der Waals surface area contributed by atoms with Crippen molar-refractivity contribution in [1.29, 1.82) is 0 Å². The summed E-state index contributed by atoms with van der Waals surface area (Å²) in [6.07, 6.45) is 4.21. The second kappa shape index (κ2) is 4.93. The average molecular weight is 214 g/mol. The van der Waals surface area contributed by atoms with E-state index in [1.54, 1.807) is 0 Å². The molecule has 0 spiro atoms. The van der Waals surface area contributed by atoms with Crippen molar-refractivity contribution in [1.82, 2.24) is 0 Å². The monoisotopic (exact) mass is 214 g/mol. The molecule has 0 aromatic rings. The van der Waals surface area contributed by atoms with Crippen molar-refractivity contribution >= 4 is 16.6 Å². The summed E-state index contributed by atoms with van der Waals surface area (Å²) in [4.78, 5) is 0. The first kappa shape index (κ1) is 12.9. The molecule has 76 valence electrons. The second-order valence-corrected chi connectivity index (χ2v) is 12.2. The predicted octanol–water partition coefficient (Wildman–Crippen LogP) is 3.64. The molecular formula is C10H22OSi2. The zero-order valence-electron chi connectivity index (χ0n) is 9.72. The van der Waals surface area contributed by atoms with Gasteiger partial charge in [0.25, 0.3) is 0 Å². The van der Waals surface area contributed by atoms with Crippen molar-refractivity contribution in [3.05, 3.63) is 23.6 Å². The highest BCUT2D eigenvalue weighted by Crippen LogP contribution is 2.16. The molecule has 0 bridgehead atoms. The second-order valence-electron chi connectivity index (χ2n) is 4.31. The minimum absolute atomic E-state index is 1.55. The lowest BCUT2D eigenvalue weighted by molar-refractivity contribution is 0.570. The Kier molecular flexibility index (Phi) is 4.88. The van der Waals surface area contributed by atoms with E-state index in [2.05, 4.69) is 63.6 Å². The highest BCUT2D eigenvalue weighted by molar-refractivity contribution is 6.89. The van der Waals surface area contributed by atoms with Crippen LogP contribution in [0.3, 0.4) is 0 Å². The Morgan fingerprint density at radius 1 is 0.769 bits per heavy atom. The molecule has 0 saturated heterocycles. The molecule has 0 rings (SSSR count). The van der Waals surface area contributed by atoms with E-state index in [-0.39, 0.29) is 0 Å². The Morgan fingerprint density at radius 3 is 1.31 bits per heavy atom. The lowest BCUT2D eigenvalue weighted by Gasteiger charge is -2.29. The van der Waals surface area contributed by atoms with E-state index < -0.39 is 16.6 Å². The zero-order chi connectivity index (χ0) is 10.5. The van der Waals surface area contributed by atoms with Gasteiger partial charge in [0, 0.05) is 0 Å². The van der Waals surface area contributed by atoms with E-state index in [1.807, 2.05) is 0 Å². The molecule has 0 atom stereocenters. The first-order valence-corrected chi connectivity index (χ1v) is 10.8. The zero-order valence-corrected chi connectivity index (χ0v) is 11.7. The molecule has 1 nitrogen and oxygen atoms in total. The van der Waals surface area contributed by atoms with Crippen LogP contribution in [0.4, 0.5) is 0 Å². The molecule has 0 radical (unpaired) electrons. The van der Waals surface area contributed by atoms with Crippen molar-refractivity contribution in [3.8, 4) is 0 Å². The Hall–Kier alpha value is -0.126. The molecule has 0 aliphatic rings. The molecule has 0 heterocycles. The molecule has 0 aliphatic carbocycles. The lowest BCUT2D eigenvalue weighted by Crippen LogP contribution is -2.42. The van der Waals surface area contributed by atoms with Gasteiger partial charge in [0.1, 0.15) is 0 Å². The van der Waals surface area contributed by atoms with Crippen LogP contribution in [0.15, 0.2) is 23.6 Å². The fourth-order valence-corrected chi connectivity index (χ4v) is 9.12. The summed E-state index contributed by atoms with van der Waals surface area (Å²) < 4.78 is 6.21. The van der Waals surface area contributed by atoms with Crippen molar-refractivity contribution in [2.24, 2.45) is 0 Å². The minimum atomic E-state index is -1.55. The largest absolute Gasteiger partial charge is 0.449 e. The summed E-state index contributed by atoms with van der Waals surface area (Å²) >= 11 is 0. The summed E-state index contributed by atoms with van der Waals surface area (Å²) in [6, 6.07) is 0. The van der Waals surface area contributed by atoms with E-state index in [0.29, 0.717) is 0 Å². The van der Waals surface area contributed by atoms with Crippen molar-refractivity contribution in [3.63, 3.8) is 0 Å². The van der Waals surface area contributed by atoms with E-state index in [4.69, 9.17) is 4.12 Å². The molecule has 0 aliphatic heterocycles. The Labute approximate surface area is 84.8 Å². The van der Waals surface area contributed by atoms with Crippen molar-refractivity contribution in [2.75, 3.05) is 0 Å². The topological polar surface area (TPSA) is 9.23 Å². The van der Waals surface area contributed by atoms with Crippen LogP contribution in [0.2, 0.25) is 26.2 Å². The summed E-state index contributed by atoms with van der Waals surface area (Å²) in [5.74, 6) is 0. The molecule has 0 unspecified atom stereocenters. The number of hydrogen-bond donors (Lipinski definition) is 0. The van der Waals surface area contributed by atoms with Gasteiger partial charge in [-0.05, 0) is 40.0 Å². The maximum Gasteiger partial charge on any atom is 0.198 e. The fourth-order valence-electron chi connectivity index (χ4n) is 1.55. The third-order valence-corrected chi connectivity index (χ3v) is 8.14. The highest BCUT2D eigenvalue weighted by atomic mass is 28.4. The Morgan fingerprint density at radius 2 is 1.08 bits per heavy atom. The molecular weight excluding hydrogens is 192 g/mol. The molecule has 0 fully saturated rings. The number of hydrogen-bond acceptors (Lipinski definition) is 1. The number of rotatable bonds is 4. The Balaban J connectivity index is 4.41. The third-order valence-electron chi connectivity index (χ3n) is 1.66. The van der Waals surface area contributed by atoms with Gasteiger partial charge in [-0.1, -0.05) is 23.6 Å². The van der Waals surface area contributed by atoms with Gasteiger partial charge in [0.05, 0.1) is 0 Å². The molecule has 3 heteroatoms. The number of allylic oxidation sites excluding steroid dienone is 2. The van der Waals surface area contributed by atoms with Gasteiger partial charge >= 0.3 is 0 Å². The van der Waals surface area contributed by atoms with Gasteiger partial charge in [-0.3, -0.25) is 0 Å². The molecule has 0 amide bonds. The molecule has 0 aromatic carbocycles. The first-order chi connectivity index (χ1) is 5.83. The third kappa shape index (κ3) is 6.01. The molecule has 13 heavy (non-hydrogen) atoms. The summed E-state index contributed by atoms with van der Waals surface area (Å²) in [6.45, 7) is 13.1. The molecule has 0 N–H and O–H groups in total. The van der Waals surface area contributed by atoms with E-state index >= 15 is 0 Å². The van der Waals surface area contributed by atoms with Crippen LogP contribution in [0.25, 0.3) is 0 Å². The summed E-state index contributed by atoms with van der Waals surface area (Å²) in [7, 11) is -3.09. The van der Waals surface area contributed by atoms with Gasteiger partial charge in [-0.2, -0.15) is 0 Å². The lowest BCUT2D eigenvalue weighted by atomic mass is 10.8. The van der Waals surface area contributed by atoms with Crippen LogP contribution in [0.1, 0.15) is 13.8 Å². The SMILES string of the molecule is C/C=C/[Si](C)(C)O[Si](C)(C)/C=C/C. The fraction of sp³-hybridized carbons (Fsp3) is 0.600. The standard InChI is InChI=1S/C10H22OSi2/c1-7-9-12(3,4)11-13(5,6)10-8-2/h7-10H,1-6H3/b9-7+,10-8+. The average Bonchev–Trinajstić information content (AvgIpc) is 1.82. The Bertz CT molecular complexity index is 183. The van der Waals surface area contributed by atoms with E-state index in [0.717, 1.165) is 0 Å². The van der Waals surface area contributed by atoms with Gasteiger partial charge in [-0.15, -0.1) is 0 Å². The van der Waals surface area contributed by atoms with Gasteiger partial charge in [0.15, 0.2) is 16.6 Å². The van der Waals surface area contributed by atoms with E-state index in [9.17, 15) is 0 Å². The van der Waals surface area contributed by atoms with Crippen LogP contribution in [0.5, 0.6) is 0 Å². The summed E-state index contributed by atoms with van der Waals surface area (Å²) in [5.41, 5.74) is 4.48. The highest BCUT2D eigenvalue weighted by Gasteiger charge is 2.28. The normalized spacial score (nSPS) is 14.6. The molecule has 0 aromatic heterocycles. The maximum atomic E-state index is 6.21. The predicted molar refractivity (Wildman–Crippen MR) is 65.7 cm³/mol. The van der Waals surface area contributed by atoms with Gasteiger partial charge in [-0.25, -0.2) is 0 Å². The van der Waals surface area contributed by atoms with Crippen LogP contribution in [0, 0.1) is 0 Å². The van der Waals surface area contributed by atoms with Crippen LogP contribution in [-0.4, -0.2) is 16.6 Å². The maximum absolute atomic E-state index is 6.21. The minimum Gasteiger partial charge on any atom is -0.449 e. The quantitative estimate of drug-likeness (QED) is 0.649. The van der Waals surface area contributed by atoms with Gasteiger partial charge in [0.2, 0.25) is 0 Å². The van der Waals surface area contributed by atoms with Crippen molar-refractivity contribution < 1.29 is 4.12 Å². The smallest absolute Gasteiger partial charge is 0.198 e. The summed E-state index contributed by atoms with van der Waals surface area (Å²) in [5, 5.41) is 0. The van der Waals surface area contributed by atoms with Gasteiger partial charge < -0.3 is 4.12 Å². The van der Waals surface area contributed by atoms with Crippen LogP contribution in [-0.2, 0) is 4.12 Å². The van der Waals surface area contributed by atoms with Crippen LogP contribution < -0.4 is 0 Å². The van der Waals surface area contributed by atoms with E-state index in [1.165, 1.54) is 0 Å². The molecule has 0 saturated carbocycles. The van der Waals surface area contributed by atoms with Crippen LogP contribution >= 0.6 is 0 Å².